The molecule has 57 heavy (non-hydrogen) atoms. The van der Waals surface area contributed by atoms with Crippen LogP contribution < -0.4 is 10.6 Å². The lowest BCUT2D eigenvalue weighted by Gasteiger charge is -2.48. The number of aliphatic hydroxyl groups excluding tert-OH is 1. The molecule has 13 nitrogen and oxygen atoms in total. The minimum absolute atomic E-state index is 0.0598. The molecule has 8 rings (SSSR count). The average Bonchev–Trinajstić information content (AvgIpc) is 3.81. The van der Waals surface area contributed by atoms with Gasteiger partial charge in [-0.25, -0.2) is 0 Å². The highest BCUT2D eigenvalue weighted by atomic mass is 16.8. The Morgan fingerprint density at radius 3 is 2.25 bits per heavy atom. The van der Waals surface area contributed by atoms with Gasteiger partial charge in [0.05, 0.1) is 13.2 Å². The maximum atomic E-state index is 14.9. The number of ether oxygens (including phenoxy) is 3. The minimum Gasteiger partial charge on any atom is -0.458 e. The smallest absolute Gasteiger partial charge is 0.327 e. The van der Waals surface area contributed by atoms with E-state index in [1.54, 1.807) is 44.4 Å². The van der Waals surface area contributed by atoms with Crippen molar-refractivity contribution in [2.24, 2.45) is 5.41 Å². The molecule has 4 aromatic carbocycles. The second-order valence-corrected chi connectivity index (χ2v) is 14.9. The molecule has 2 bridgehead atoms. The number of carbonyl (C=O) groups is 4. The van der Waals surface area contributed by atoms with E-state index in [1.807, 2.05) is 84.9 Å². The molecule has 0 spiro atoms. The molecule has 0 radical (unpaired) electrons. The van der Waals surface area contributed by atoms with E-state index < -0.39 is 53.5 Å². The molecule has 3 heterocycles. The highest BCUT2D eigenvalue weighted by Gasteiger charge is 2.76. The number of nitrogens with zero attached hydrogens (tertiary/aromatic N) is 2. The van der Waals surface area contributed by atoms with Gasteiger partial charge in [-0.15, -0.1) is 0 Å². The van der Waals surface area contributed by atoms with Gasteiger partial charge in [0.15, 0.2) is 6.04 Å². The molecule has 3 N–H and O–H groups in total. The monoisotopic (exact) mass is 772 g/mol. The third kappa shape index (κ3) is 7.02. The summed E-state index contributed by atoms with van der Waals surface area (Å²) >= 11 is 0. The summed E-state index contributed by atoms with van der Waals surface area (Å²) < 4.78 is 20.2. The number of carbonyl (C=O) groups excluding carboxylic acids is 4. The number of rotatable bonds is 12. The van der Waals surface area contributed by atoms with E-state index in [4.69, 9.17) is 24.2 Å². The molecule has 3 aliphatic heterocycles. The maximum Gasteiger partial charge on any atom is 0.327 e. The predicted octanol–water partition coefficient (Wildman–Crippen LogP) is 3.31. The first-order chi connectivity index (χ1) is 27.6. The predicted molar refractivity (Wildman–Crippen MR) is 206 cm³/mol. The molecule has 1 saturated carbocycles. The number of nitrogens with one attached hydrogen (secondary N) is 2. The average molecular weight is 773 g/mol. The van der Waals surface area contributed by atoms with Gasteiger partial charge in [0, 0.05) is 56.4 Å². The molecule has 0 unspecified atom stereocenters. The molecule has 3 saturated heterocycles. The molecule has 4 fully saturated rings. The normalized spacial score (nSPS) is 25.7. The minimum atomic E-state index is -1.46. The van der Waals surface area contributed by atoms with Crippen LogP contribution in [0, 0.1) is 5.41 Å². The second kappa shape index (κ2) is 15.7. The van der Waals surface area contributed by atoms with Gasteiger partial charge in [0.2, 0.25) is 17.6 Å². The van der Waals surface area contributed by atoms with Crippen LogP contribution in [0.1, 0.15) is 44.6 Å². The SMILES string of the molecule is CN(C)C(=O)C=Cc1cccc(CN2O[C@@H]3[C@H]4OC(c5ccccc5)(c5ccccc5)O[C@H]4[C@@H]4C[C@]3(C(=O)NCc3cccc(C(=O)NCCO)c3)[C@@H]2C(=O)O4)c1. The third-order valence-corrected chi connectivity index (χ3v) is 11.1. The van der Waals surface area contributed by atoms with Crippen LogP contribution in [0.25, 0.3) is 6.08 Å². The van der Waals surface area contributed by atoms with E-state index in [-0.39, 0.29) is 44.5 Å². The van der Waals surface area contributed by atoms with Crippen molar-refractivity contribution in [1.82, 2.24) is 20.6 Å². The Bertz CT molecular complexity index is 2140. The van der Waals surface area contributed by atoms with Crippen LogP contribution in [-0.2, 0) is 52.3 Å². The van der Waals surface area contributed by atoms with E-state index >= 15 is 0 Å². The van der Waals surface area contributed by atoms with Crippen LogP contribution in [0.5, 0.6) is 0 Å². The summed E-state index contributed by atoms with van der Waals surface area (Å²) in [5.74, 6) is -2.94. The van der Waals surface area contributed by atoms with Crippen LogP contribution in [0.15, 0.2) is 115 Å². The number of fused-ring (bicyclic) bond motifs is 4. The van der Waals surface area contributed by atoms with E-state index in [0.29, 0.717) is 11.1 Å². The van der Waals surface area contributed by atoms with Gasteiger partial charge in [0.25, 0.3) is 5.91 Å². The van der Waals surface area contributed by atoms with Crippen molar-refractivity contribution in [2.45, 2.75) is 55.8 Å². The van der Waals surface area contributed by atoms with Gasteiger partial charge in [-0.1, -0.05) is 97.1 Å². The fraction of sp³-hybridized carbons (Fsp3) is 0.318. The van der Waals surface area contributed by atoms with Gasteiger partial charge in [-0.3, -0.25) is 24.0 Å². The maximum absolute atomic E-state index is 14.9. The molecule has 4 aliphatic rings. The van der Waals surface area contributed by atoms with E-state index in [2.05, 4.69) is 10.6 Å². The lowest BCUT2D eigenvalue weighted by Crippen LogP contribution is -2.69. The Morgan fingerprint density at radius 1 is 0.860 bits per heavy atom. The van der Waals surface area contributed by atoms with Gasteiger partial charge in [-0.2, -0.15) is 5.06 Å². The Morgan fingerprint density at radius 2 is 1.54 bits per heavy atom. The van der Waals surface area contributed by atoms with Crippen LogP contribution in [0.4, 0.5) is 0 Å². The molecule has 294 valence electrons. The van der Waals surface area contributed by atoms with E-state index in [9.17, 15) is 19.2 Å². The summed E-state index contributed by atoms with van der Waals surface area (Å²) in [5.41, 5.74) is 2.60. The van der Waals surface area contributed by atoms with Crippen molar-refractivity contribution < 1.29 is 43.3 Å². The molecule has 6 atom stereocenters. The van der Waals surface area contributed by atoms with Crippen LogP contribution in [-0.4, -0.2) is 96.5 Å². The quantitative estimate of drug-likeness (QED) is 0.144. The first kappa shape index (κ1) is 38.2. The highest BCUT2D eigenvalue weighted by molar-refractivity contribution is 5.95. The number of hydrogen-bond acceptors (Lipinski definition) is 10. The lowest BCUT2D eigenvalue weighted by molar-refractivity contribution is -0.213. The zero-order valence-electron chi connectivity index (χ0n) is 31.6. The standard InChI is InChI=1S/C44H44N4O9/c1-47(2)35(50)20-19-28-11-9-13-30(23-28)27-48-38-41(52)54-34-25-43(38,42(53)46-26-29-12-10-14-31(24-29)40(51)45-21-22-49)39(57-48)37-36(34)55-44(56-37,32-15-5-3-6-16-32)33-17-7-4-8-18-33/h3-20,23-24,34,36-39,49H,21-22,25-27H2,1-2H3,(H,45,51)(H,46,53)/t34-,36-,37-,38-,39+,43-/m0/s1. The largest absolute Gasteiger partial charge is 0.458 e. The summed E-state index contributed by atoms with van der Waals surface area (Å²) in [4.78, 5) is 62.4. The van der Waals surface area contributed by atoms with Gasteiger partial charge in [0.1, 0.15) is 29.8 Å². The Balaban J connectivity index is 1.15. The fourth-order valence-electron chi connectivity index (χ4n) is 8.42. The number of hydroxylamine groups is 2. The molecule has 3 amide bonds. The van der Waals surface area contributed by atoms with Crippen LogP contribution >= 0.6 is 0 Å². The highest BCUT2D eigenvalue weighted by Crippen LogP contribution is 2.59. The van der Waals surface area contributed by atoms with E-state index in [1.165, 1.54) is 16.0 Å². The second-order valence-electron chi connectivity index (χ2n) is 14.9. The first-order valence-corrected chi connectivity index (χ1v) is 19.0. The topological polar surface area (TPSA) is 156 Å². The number of amides is 3. The van der Waals surface area contributed by atoms with Crippen molar-refractivity contribution in [3.05, 3.63) is 149 Å². The van der Waals surface area contributed by atoms with Gasteiger partial charge < -0.3 is 34.9 Å². The van der Waals surface area contributed by atoms with Crippen molar-refractivity contribution in [3.63, 3.8) is 0 Å². The molecule has 13 heteroatoms. The molecule has 4 aromatic rings. The molecule has 0 aromatic heterocycles. The number of esters is 1. The zero-order chi connectivity index (χ0) is 39.7. The molecule has 1 aliphatic carbocycles. The summed E-state index contributed by atoms with van der Waals surface area (Å²) in [7, 11) is 3.36. The number of benzene rings is 4. The lowest BCUT2D eigenvalue weighted by atomic mass is 9.62. The van der Waals surface area contributed by atoms with Crippen molar-refractivity contribution in [1.29, 1.82) is 0 Å². The fourth-order valence-corrected chi connectivity index (χ4v) is 8.42. The Labute approximate surface area is 330 Å². The number of aliphatic hydroxyl groups is 1. The Hall–Kier alpha value is -5.70. The third-order valence-electron chi connectivity index (χ3n) is 11.1. The Kier molecular flexibility index (Phi) is 10.5. The zero-order valence-corrected chi connectivity index (χ0v) is 31.6. The van der Waals surface area contributed by atoms with Crippen LogP contribution in [0.2, 0.25) is 0 Å². The summed E-state index contributed by atoms with van der Waals surface area (Å²) in [6.07, 6.45) is -0.115. The first-order valence-electron chi connectivity index (χ1n) is 19.0. The van der Waals surface area contributed by atoms with Crippen molar-refractivity contribution in [3.8, 4) is 0 Å². The number of likely N-dealkylation sites (N-methyl/N-ethyl adjacent to an activating group) is 1. The van der Waals surface area contributed by atoms with Crippen molar-refractivity contribution in [2.75, 3.05) is 27.2 Å². The van der Waals surface area contributed by atoms with Crippen LogP contribution in [0.3, 0.4) is 0 Å². The van der Waals surface area contributed by atoms with E-state index in [0.717, 1.165) is 22.3 Å². The number of hydrogen-bond donors (Lipinski definition) is 3. The van der Waals surface area contributed by atoms with Gasteiger partial charge >= 0.3 is 5.97 Å². The summed E-state index contributed by atoms with van der Waals surface area (Å²) in [5, 5.41) is 16.4. The summed E-state index contributed by atoms with van der Waals surface area (Å²) in [6, 6.07) is 32.3. The van der Waals surface area contributed by atoms with Crippen molar-refractivity contribution >= 4 is 29.8 Å². The molecular formula is C44H44N4O9. The van der Waals surface area contributed by atoms with Gasteiger partial charge in [-0.05, 0) is 34.9 Å². The summed E-state index contributed by atoms with van der Waals surface area (Å²) in [6.45, 7) is 0.0955. The molecular weight excluding hydrogens is 729 g/mol.